The summed E-state index contributed by atoms with van der Waals surface area (Å²) in [6.07, 6.45) is 8.43. The van der Waals surface area contributed by atoms with E-state index in [9.17, 15) is 4.79 Å². The molecule has 2 rings (SSSR count). The van der Waals surface area contributed by atoms with Gasteiger partial charge in [-0.25, -0.2) is 0 Å². The van der Waals surface area contributed by atoms with Crippen molar-refractivity contribution in [3.63, 3.8) is 0 Å². The Morgan fingerprint density at radius 3 is 2.60 bits per heavy atom. The molecule has 1 saturated heterocycles. The van der Waals surface area contributed by atoms with E-state index >= 15 is 0 Å². The number of nitrogens with one attached hydrogen (secondary N) is 1. The average molecular weight is 292 g/mol. The van der Waals surface area contributed by atoms with Gasteiger partial charge in [-0.05, 0) is 50.4 Å². The van der Waals surface area contributed by atoms with E-state index in [-0.39, 0.29) is 5.91 Å². The molecule has 0 spiro atoms. The van der Waals surface area contributed by atoms with Crippen LogP contribution < -0.4 is 5.32 Å². The Morgan fingerprint density at radius 2 is 1.90 bits per heavy atom. The van der Waals surface area contributed by atoms with Gasteiger partial charge in [0.2, 0.25) is 5.91 Å². The van der Waals surface area contributed by atoms with Gasteiger partial charge in [0, 0.05) is 10.6 Å². The zero-order valence-electron chi connectivity index (χ0n) is 12.2. The Morgan fingerprint density at radius 1 is 1.20 bits per heavy atom. The van der Waals surface area contributed by atoms with Crippen molar-refractivity contribution in [2.24, 2.45) is 0 Å². The number of anilines is 1. The van der Waals surface area contributed by atoms with Crippen LogP contribution in [0.4, 0.5) is 5.69 Å². The van der Waals surface area contributed by atoms with Gasteiger partial charge in [-0.15, -0.1) is 11.8 Å². The van der Waals surface area contributed by atoms with Crippen LogP contribution in [0, 0.1) is 0 Å². The molecular weight excluding hydrogens is 268 g/mol. The third-order valence-corrected chi connectivity index (χ3v) is 4.39. The third-order valence-electron chi connectivity index (χ3n) is 3.67. The number of carbonyl (C=O) groups excluding carboxylic acids is 1. The predicted molar refractivity (Wildman–Crippen MR) is 86.4 cm³/mol. The first-order chi connectivity index (χ1) is 9.78. The molecule has 0 unspecified atom stereocenters. The summed E-state index contributed by atoms with van der Waals surface area (Å²) in [7, 11) is 0. The van der Waals surface area contributed by atoms with Crippen molar-refractivity contribution in [3.8, 4) is 0 Å². The Balaban J connectivity index is 1.84. The molecule has 1 aliphatic heterocycles. The molecule has 20 heavy (non-hydrogen) atoms. The minimum absolute atomic E-state index is 0.101. The van der Waals surface area contributed by atoms with Crippen LogP contribution in [0.5, 0.6) is 0 Å². The number of hydrogen-bond donors (Lipinski definition) is 1. The van der Waals surface area contributed by atoms with Crippen molar-refractivity contribution in [3.05, 3.63) is 24.3 Å². The van der Waals surface area contributed by atoms with Crippen LogP contribution in [-0.2, 0) is 4.79 Å². The number of carbonyl (C=O) groups is 1. The largest absolute Gasteiger partial charge is 0.325 e. The molecule has 0 bridgehead atoms. The highest BCUT2D eigenvalue weighted by Crippen LogP contribution is 2.19. The van der Waals surface area contributed by atoms with E-state index in [1.54, 1.807) is 11.8 Å². The zero-order chi connectivity index (χ0) is 14.2. The molecule has 0 aliphatic carbocycles. The van der Waals surface area contributed by atoms with Gasteiger partial charge in [0.25, 0.3) is 0 Å². The SMILES string of the molecule is CSc1cccc(NC(=O)CN2CCCCCCC2)c1. The lowest BCUT2D eigenvalue weighted by atomic mass is 10.1. The molecule has 1 aromatic rings. The summed E-state index contributed by atoms with van der Waals surface area (Å²) in [4.78, 5) is 15.6. The first-order valence-electron chi connectivity index (χ1n) is 7.44. The Hall–Kier alpha value is -1.00. The van der Waals surface area contributed by atoms with Crippen LogP contribution in [0.3, 0.4) is 0 Å². The quantitative estimate of drug-likeness (QED) is 0.860. The maximum Gasteiger partial charge on any atom is 0.238 e. The number of amides is 1. The van der Waals surface area contributed by atoms with Gasteiger partial charge in [-0.2, -0.15) is 0 Å². The molecule has 1 N–H and O–H groups in total. The fourth-order valence-electron chi connectivity index (χ4n) is 2.58. The molecule has 0 radical (unpaired) electrons. The van der Waals surface area contributed by atoms with Crippen LogP contribution in [0.25, 0.3) is 0 Å². The van der Waals surface area contributed by atoms with Crippen LogP contribution >= 0.6 is 11.8 Å². The standard InChI is InChI=1S/C16H24N2OS/c1-20-15-9-7-8-14(12-15)17-16(19)13-18-10-5-3-2-4-6-11-18/h7-9,12H,2-6,10-11,13H2,1H3,(H,17,19). The maximum absolute atomic E-state index is 12.1. The van der Waals surface area contributed by atoms with E-state index in [1.807, 2.05) is 24.5 Å². The van der Waals surface area contributed by atoms with Crippen LogP contribution in [0.2, 0.25) is 0 Å². The maximum atomic E-state index is 12.1. The van der Waals surface area contributed by atoms with Gasteiger partial charge in [-0.3, -0.25) is 9.69 Å². The fraction of sp³-hybridized carbons (Fsp3) is 0.562. The van der Waals surface area contributed by atoms with E-state index in [0.717, 1.165) is 18.8 Å². The minimum Gasteiger partial charge on any atom is -0.325 e. The molecule has 1 amide bonds. The molecule has 1 aromatic carbocycles. The second-order valence-electron chi connectivity index (χ2n) is 5.32. The van der Waals surface area contributed by atoms with Gasteiger partial charge >= 0.3 is 0 Å². The summed E-state index contributed by atoms with van der Waals surface area (Å²) in [5.41, 5.74) is 0.897. The summed E-state index contributed by atoms with van der Waals surface area (Å²) in [5, 5.41) is 3.01. The molecule has 0 aromatic heterocycles. The Bertz CT molecular complexity index is 428. The summed E-state index contributed by atoms with van der Waals surface area (Å²) >= 11 is 1.69. The fourth-order valence-corrected chi connectivity index (χ4v) is 3.03. The van der Waals surface area contributed by atoms with Crippen molar-refractivity contribution in [2.45, 2.75) is 37.0 Å². The lowest BCUT2D eigenvalue weighted by Crippen LogP contribution is -2.35. The normalized spacial score (nSPS) is 17.2. The summed E-state index contributed by atoms with van der Waals surface area (Å²) < 4.78 is 0. The first kappa shape index (κ1) is 15.4. The number of benzene rings is 1. The van der Waals surface area contributed by atoms with Crippen LogP contribution in [-0.4, -0.2) is 36.7 Å². The van der Waals surface area contributed by atoms with Crippen LogP contribution in [0.15, 0.2) is 29.2 Å². The lowest BCUT2D eigenvalue weighted by Gasteiger charge is -2.23. The van der Waals surface area contributed by atoms with Crippen molar-refractivity contribution >= 4 is 23.4 Å². The van der Waals surface area contributed by atoms with Gasteiger partial charge in [0.05, 0.1) is 6.54 Å². The molecular formula is C16H24N2OS. The van der Waals surface area contributed by atoms with Crippen LogP contribution in [0.1, 0.15) is 32.1 Å². The second kappa shape index (κ2) is 8.32. The van der Waals surface area contributed by atoms with Crippen molar-refractivity contribution < 1.29 is 4.79 Å². The molecule has 0 atom stereocenters. The Labute approximate surface area is 126 Å². The van der Waals surface area contributed by atoms with Crippen molar-refractivity contribution in [1.29, 1.82) is 0 Å². The zero-order valence-corrected chi connectivity index (χ0v) is 13.0. The highest BCUT2D eigenvalue weighted by Gasteiger charge is 2.12. The molecule has 1 heterocycles. The summed E-state index contributed by atoms with van der Waals surface area (Å²) in [6.45, 7) is 2.63. The highest BCUT2D eigenvalue weighted by molar-refractivity contribution is 7.98. The van der Waals surface area contributed by atoms with Crippen molar-refractivity contribution in [1.82, 2.24) is 4.90 Å². The van der Waals surface area contributed by atoms with Crippen molar-refractivity contribution in [2.75, 3.05) is 31.2 Å². The molecule has 4 heteroatoms. The van der Waals surface area contributed by atoms with E-state index < -0.39 is 0 Å². The van der Waals surface area contributed by atoms with Gasteiger partial charge in [0.1, 0.15) is 0 Å². The van der Waals surface area contributed by atoms with E-state index in [1.165, 1.54) is 37.0 Å². The summed E-state index contributed by atoms with van der Waals surface area (Å²) in [6, 6.07) is 8.01. The molecule has 110 valence electrons. The third kappa shape index (κ3) is 5.17. The van der Waals surface area contributed by atoms with E-state index in [2.05, 4.69) is 16.3 Å². The number of hydrogen-bond acceptors (Lipinski definition) is 3. The Kier molecular flexibility index (Phi) is 6.40. The van der Waals surface area contributed by atoms with Gasteiger partial charge in [0.15, 0.2) is 0 Å². The first-order valence-corrected chi connectivity index (χ1v) is 8.66. The topological polar surface area (TPSA) is 32.3 Å². The second-order valence-corrected chi connectivity index (χ2v) is 6.20. The molecule has 1 aliphatic rings. The lowest BCUT2D eigenvalue weighted by molar-refractivity contribution is -0.117. The smallest absolute Gasteiger partial charge is 0.238 e. The predicted octanol–water partition coefficient (Wildman–Crippen LogP) is 3.61. The number of nitrogens with zero attached hydrogens (tertiary/aromatic N) is 1. The number of thioether (sulfide) groups is 1. The number of rotatable bonds is 4. The molecule has 1 fully saturated rings. The summed E-state index contributed by atoms with van der Waals surface area (Å²) in [5.74, 6) is 0.101. The molecule has 0 saturated carbocycles. The average Bonchev–Trinajstić information content (AvgIpc) is 2.42. The monoisotopic (exact) mass is 292 g/mol. The highest BCUT2D eigenvalue weighted by atomic mass is 32.2. The molecule has 3 nitrogen and oxygen atoms in total. The van der Waals surface area contributed by atoms with Gasteiger partial charge < -0.3 is 5.32 Å². The van der Waals surface area contributed by atoms with E-state index in [0.29, 0.717) is 6.54 Å². The minimum atomic E-state index is 0.101. The van der Waals surface area contributed by atoms with Gasteiger partial charge in [-0.1, -0.05) is 25.3 Å². The van der Waals surface area contributed by atoms with E-state index in [4.69, 9.17) is 0 Å². The number of likely N-dealkylation sites (tertiary alicyclic amines) is 1.